The molecule has 0 aromatic heterocycles. The molecule has 12 nitrogen and oxygen atoms in total. The Hall–Kier alpha value is -4.74. The van der Waals surface area contributed by atoms with Crippen LogP contribution < -0.4 is 0 Å². The highest BCUT2D eigenvalue weighted by Crippen LogP contribution is 2.70. The minimum Gasteiger partial charge on any atom is -0.456 e. The highest BCUT2D eigenvalue weighted by Gasteiger charge is 2.66. The molecule has 22 saturated carbocycles. The molecule has 12 heteroatoms. The van der Waals surface area contributed by atoms with Crippen molar-refractivity contribution in [3.8, 4) is 0 Å². The number of carbonyl (C=O) groups excluding carboxylic acids is 6. The summed E-state index contributed by atoms with van der Waals surface area (Å²) in [6, 6.07) is 0. The first kappa shape index (κ1) is 87.1. The number of hydrogen-bond donors (Lipinski definition) is 0. The van der Waals surface area contributed by atoms with Crippen LogP contribution in [0.25, 0.3) is 0 Å². The van der Waals surface area contributed by atoms with E-state index in [-0.39, 0.29) is 80.3 Å². The van der Waals surface area contributed by atoms with Gasteiger partial charge in [-0.05, 0) is 419 Å². The zero-order valence-corrected chi connectivity index (χ0v) is 74.1. The van der Waals surface area contributed by atoms with Gasteiger partial charge in [-0.3, -0.25) is 0 Å². The summed E-state index contributed by atoms with van der Waals surface area (Å²) >= 11 is 0. The molecule has 22 rings (SSSR count). The van der Waals surface area contributed by atoms with Crippen molar-refractivity contribution in [1.29, 1.82) is 0 Å². The van der Waals surface area contributed by atoms with Crippen molar-refractivity contribution < 1.29 is 57.2 Å². The molecular weight excluding hydrogens is 1420 g/mol. The predicted molar refractivity (Wildman–Crippen MR) is 454 cm³/mol. The lowest BCUT2D eigenvalue weighted by Crippen LogP contribution is -2.59. The van der Waals surface area contributed by atoms with Crippen molar-refractivity contribution >= 4 is 35.8 Å². The second-order valence-corrected chi connectivity index (χ2v) is 44.1. The Morgan fingerprint density at radius 2 is 0.693 bits per heavy atom. The van der Waals surface area contributed by atoms with Crippen molar-refractivity contribution in [2.45, 2.75) is 387 Å². The molecule has 0 heterocycles. The number of esters is 6. The Morgan fingerprint density at radius 1 is 0.351 bits per heavy atom. The molecule has 22 aliphatic rings. The number of fused-ring (bicyclic) bond motifs is 10. The van der Waals surface area contributed by atoms with Gasteiger partial charge in [0, 0.05) is 56.1 Å². The maximum Gasteiger partial charge on any atom is 0.333 e. The van der Waals surface area contributed by atoms with Gasteiger partial charge >= 0.3 is 35.8 Å². The highest BCUT2D eigenvalue weighted by atomic mass is 16.6. The Labute approximate surface area is 690 Å². The van der Waals surface area contributed by atoms with Gasteiger partial charge in [0.15, 0.2) is 0 Å². The summed E-state index contributed by atoms with van der Waals surface area (Å²) in [4.78, 5) is 72.0. The number of carbonyl (C=O) groups is 6. The molecule has 0 spiro atoms. The van der Waals surface area contributed by atoms with Crippen molar-refractivity contribution in [2.24, 2.45) is 141 Å². The second-order valence-electron chi connectivity index (χ2n) is 44.1. The normalized spacial score (nSPS) is 42.7. The van der Waals surface area contributed by atoms with Gasteiger partial charge < -0.3 is 28.4 Å². The standard InChI is InChI=1S/C20H32O2.C18H28O2.C17H26O2.2C16H24O2.C15H22O2/c1-5-6-7-19(4,22-18(21)14(2)3)20-11-15-8-16(12-20)10-17(9-15)13-20;1-4-5-6-18(20-17(19)12(2)3)15-8-13-7-14(10-15)11-16(18)9-13;1-11(2)15(18)19-16(3,4)17-8-12-5-13(9-17)7-14(6-12)10-17;1-4-16(18-15(17)10(2)3)13-6-11-5-12(8-13)9-14(16)7-11;1-4-16(18-15(17)10(2)3)9-11-8-14(16)13-7-5-6-12(11)13;1-9(2)14(16)17-15(3)8-10-7-13(15)12-6-4-5-11(10)12/h15-17H,2,5-13H2,1,3-4H3;13-16H,2,4-11H2,1,3H3;12-14H,1,5-10H2,2-4H3;2*11-14H,2,4-9H2,1,3H3;10-13H,1,4-8H2,2-3H3. The maximum atomic E-state index is 12.3. The molecule has 0 N–H and O–H groups in total. The van der Waals surface area contributed by atoms with Gasteiger partial charge in [-0.2, -0.15) is 0 Å². The predicted octanol–water partition coefficient (Wildman–Crippen LogP) is 24.6. The van der Waals surface area contributed by atoms with Crippen LogP contribution in [0.1, 0.15) is 354 Å². The van der Waals surface area contributed by atoms with E-state index in [4.69, 9.17) is 28.4 Å². The molecule has 0 saturated heterocycles. The van der Waals surface area contributed by atoms with Crippen LogP contribution in [-0.4, -0.2) is 69.4 Å². The number of rotatable bonds is 22. The quantitative estimate of drug-likeness (QED) is 0.0575. The van der Waals surface area contributed by atoms with E-state index < -0.39 is 0 Å². The lowest BCUT2D eigenvalue weighted by atomic mass is 9.45. The van der Waals surface area contributed by atoms with Crippen LogP contribution in [0.15, 0.2) is 72.9 Å². The zero-order valence-electron chi connectivity index (χ0n) is 74.1. The fraction of sp³-hybridized carbons (Fsp3) is 0.824. The first-order chi connectivity index (χ1) is 53.9. The van der Waals surface area contributed by atoms with Gasteiger partial charge in [-0.25, -0.2) is 28.8 Å². The maximum absolute atomic E-state index is 12.3. The topological polar surface area (TPSA) is 158 Å². The summed E-state index contributed by atoms with van der Waals surface area (Å²) in [5, 5.41) is 0. The lowest BCUT2D eigenvalue weighted by Gasteiger charge is -2.62. The van der Waals surface area contributed by atoms with E-state index in [1.165, 1.54) is 205 Å². The van der Waals surface area contributed by atoms with E-state index in [0.29, 0.717) is 68.9 Å². The van der Waals surface area contributed by atoms with Gasteiger partial charge in [0.25, 0.3) is 0 Å². The average Bonchev–Trinajstić information content (AvgIpc) is 1.50. The first-order valence-corrected chi connectivity index (χ1v) is 47.2. The van der Waals surface area contributed by atoms with Gasteiger partial charge in [-0.15, -0.1) is 0 Å². The molecule has 20 bridgehead atoms. The van der Waals surface area contributed by atoms with E-state index in [1.54, 1.807) is 41.5 Å². The minimum atomic E-state index is -0.348. The van der Waals surface area contributed by atoms with Gasteiger partial charge in [-0.1, -0.05) is 92.9 Å². The van der Waals surface area contributed by atoms with Crippen molar-refractivity contribution in [3.05, 3.63) is 72.9 Å². The second kappa shape index (κ2) is 34.0. The highest BCUT2D eigenvalue weighted by molar-refractivity contribution is 5.89. The molecule has 0 amide bonds. The summed E-state index contributed by atoms with van der Waals surface area (Å²) in [6.07, 6.45) is 51.1. The Balaban J connectivity index is 0.000000120. The van der Waals surface area contributed by atoms with E-state index >= 15 is 0 Å². The first-order valence-electron chi connectivity index (χ1n) is 47.2. The zero-order chi connectivity index (χ0) is 82.2. The molecule has 22 aliphatic carbocycles. The van der Waals surface area contributed by atoms with Crippen molar-refractivity contribution in [3.63, 3.8) is 0 Å². The molecule has 636 valence electrons. The fourth-order valence-corrected chi connectivity index (χ4v) is 31.5. The van der Waals surface area contributed by atoms with Crippen molar-refractivity contribution in [1.82, 2.24) is 0 Å². The SMILES string of the molecule is C=C(C)C(=O)OC(C)(C)C12CC3CC(CC(C3)C1)C2.C=C(C)C(=O)OC(C)(CCCC)C12CC3CC(CC(C3)C1)C2.C=C(C)C(=O)OC1(C)CC2CC1C1CCCC21.C=C(C)C(=O)OC1(CC)C2CC3CC(C2)CC1C3.C=C(C)C(=O)OC1(CC)CC2CC1C1CCCC21.C=C(C)C(=O)OC1(CCCC)C2CC3CC(C2)CC1C3. The van der Waals surface area contributed by atoms with Crippen LogP contribution in [-0.2, 0) is 57.2 Å². The molecule has 0 aromatic rings. The Kier molecular flexibility index (Phi) is 26.0. The number of unbranched alkanes of at least 4 members (excludes halogenated alkanes) is 2. The Morgan fingerprint density at radius 3 is 1.10 bits per heavy atom. The third-order valence-corrected chi connectivity index (χ3v) is 35.9. The fourth-order valence-electron chi connectivity index (χ4n) is 31.5. The van der Waals surface area contributed by atoms with Gasteiger partial charge in [0.2, 0.25) is 0 Å². The summed E-state index contributed by atoms with van der Waals surface area (Å²) in [7, 11) is 0. The molecule has 11 unspecified atom stereocenters. The molecule has 22 fully saturated rings. The van der Waals surface area contributed by atoms with Crippen LogP contribution in [0.2, 0.25) is 0 Å². The van der Waals surface area contributed by atoms with Crippen LogP contribution in [0, 0.1) is 141 Å². The molecule has 0 radical (unpaired) electrons. The van der Waals surface area contributed by atoms with Crippen molar-refractivity contribution in [2.75, 3.05) is 0 Å². The van der Waals surface area contributed by atoms with Crippen LogP contribution >= 0.6 is 0 Å². The summed E-state index contributed by atoms with van der Waals surface area (Å²) in [5.41, 5.74) is 2.34. The summed E-state index contributed by atoms with van der Waals surface area (Å²) in [6.45, 7) is 50.4. The lowest BCUT2D eigenvalue weighted by molar-refractivity contribution is -0.209. The summed E-state index contributed by atoms with van der Waals surface area (Å²) in [5.74, 6) is 16.7. The van der Waals surface area contributed by atoms with E-state index in [0.717, 1.165) is 146 Å². The largest absolute Gasteiger partial charge is 0.456 e. The molecule has 0 aromatic carbocycles. The van der Waals surface area contributed by atoms with E-state index in [9.17, 15) is 28.8 Å². The smallest absolute Gasteiger partial charge is 0.333 e. The molecule has 11 atom stereocenters. The van der Waals surface area contributed by atoms with Gasteiger partial charge in [0.05, 0.1) is 0 Å². The van der Waals surface area contributed by atoms with Crippen LogP contribution in [0.4, 0.5) is 0 Å². The Bertz CT molecular complexity index is 3510. The monoisotopic (exact) mass is 1570 g/mol. The molecule has 114 heavy (non-hydrogen) atoms. The molecular formula is C102H156O12. The third-order valence-electron chi connectivity index (χ3n) is 35.9. The van der Waals surface area contributed by atoms with E-state index in [1.807, 2.05) is 0 Å². The van der Waals surface area contributed by atoms with Crippen LogP contribution in [0.5, 0.6) is 0 Å². The third kappa shape index (κ3) is 17.0. The number of ether oxygens (including phenoxy) is 6. The number of hydrogen-bond acceptors (Lipinski definition) is 12. The summed E-state index contributed by atoms with van der Waals surface area (Å²) < 4.78 is 35.8. The minimum absolute atomic E-state index is 0.153. The van der Waals surface area contributed by atoms with Gasteiger partial charge in [0.1, 0.15) is 33.6 Å². The molecule has 0 aliphatic heterocycles. The van der Waals surface area contributed by atoms with E-state index in [2.05, 4.69) is 94.9 Å². The average molecular weight is 1570 g/mol. The van der Waals surface area contributed by atoms with Crippen LogP contribution in [0.3, 0.4) is 0 Å².